The highest BCUT2D eigenvalue weighted by atomic mass is 32.1. The monoisotopic (exact) mass is 303 g/mol. The molecule has 0 aliphatic carbocycles. The molecule has 0 atom stereocenters. The molecule has 0 spiro atoms. The van der Waals surface area contributed by atoms with Gasteiger partial charge in [0.2, 0.25) is 0 Å². The van der Waals surface area contributed by atoms with E-state index in [1.54, 1.807) is 13.3 Å². The van der Waals surface area contributed by atoms with Crippen molar-refractivity contribution in [1.29, 1.82) is 0 Å². The predicted octanol–water partition coefficient (Wildman–Crippen LogP) is 2.29. The van der Waals surface area contributed by atoms with Crippen LogP contribution in [0.4, 0.5) is 10.8 Å². The highest BCUT2D eigenvalue weighted by Crippen LogP contribution is 2.25. The van der Waals surface area contributed by atoms with Crippen LogP contribution in [0.2, 0.25) is 0 Å². The van der Waals surface area contributed by atoms with Crippen LogP contribution in [0.5, 0.6) is 5.75 Å². The molecule has 1 fully saturated rings. The Morgan fingerprint density at radius 2 is 2.00 bits per heavy atom. The van der Waals surface area contributed by atoms with Gasteiger partial charge in [-0.05, 0) is 12.1 Å². The highest BCUT2D eigenvalue weighted by molar-refractivity contribution is 7.17. The van der Waals surface area contributed by atoms with Gasteiger partial charge in [0.15, 0.2) is 11.4 Å². The number of anilines is 2. The molecule has 0 radical (unpaired) electrons. The molecular weight excluding hydrogens is 286 g/mol. The molecule has 1 aromatic heterocycles. The second-order valence-corrected chi connectivity index (χ2v) is 5.88. The average Bonchev–Trinajstić information content (AvgIpc) is 3.04. The Kier molecular flexibility index (Phi) is 4.06. The SMILES string of the molecule is COc1cccc(N2CCN(c3ncc(C=O)s3)CC2)c1. The minimum absolute atomic E-state index is 0.681. The number of hydrogen-bond donors (Lipinski definition) is 0. The van der Waals surface area contributed by atoms with Crippen molar-refractivity contribution in [2.75, 3.05) is 43.1 Å². The maximum atomic E-state index is 10.7. The maximum Gasteiger partial charge on any atom is 0.186 e. The van der Waals surface area contributed by atoms with Crippen LogP contribution in [-0.4, -0.2) is 44.6 Å². The fraction of sp³-hybridized carbons (Fsp3) is 0.333. The second kappa shape index (κ2) is 6.13. The van der Waals surface area contributed by atoms with E-state index in [4.69, 9.17) is 4.74 Å². The number of ether oxygens (including phenoxy) is 1. The molecule has 110 valence electrons. The molecule has 2 heterocycles. The molecule has 0 amide bonds. The van der Waals surface area contributed by atoms with E-state index < -0.39 is 0 Å². The van der Waals surface area contributed by atoms with Crippen LogP contribution in [-0.2, 0) is 0 Å². The normalized spacial score (nSPS) is 15.1. The van der Waals surface area contributed by atoms with Crippen LogP contribution >= 0.6 is 11.3 Å². The van der Waals surface area contributed by atoms with E-state index in [1.807, 2.05) is 12.1 Å². The summed E-state index contributed by atoms with van der Waals surface area (Å²) >= 11 is 1.45. The van der Waals surface area contributed by atoms with Crippen molar-refractivity contribution in [2.45, 2.75) is 0 Å². The van der Waals surface area contributed by atoms with Crippen LogP contribution in [0.25, 0.3) is 0 Å². The number of nitrogens with zero attached hydrogens (tertiary/aromatic N) is 3. The molecule has 6 heteroatoms. The van der Waals surface area contributed by atoms with E-state index >= 15 is 0 Å². The Labute approximate surface area is 127 Å². The number of aromatic nitrogens is 1. The third-order valence-electron chi connectivity index (χ3n) is 3.60. The number of thiazole rings is 1. The van der Waals surface area contributed by atoms with E-state index in [0.29, 0.717) is 4.88 Å². The van der Waals surface area contributed by atoms with Gasteiger partial charge in [0, 0.05) is 37.9 Å². The Hall–Kier alpha value is -2.08. The lowest BCUT2D eigenvalue weighted by atomic mass is 10.2. The van der Waals surface area contributed by atoms with E-state index in [9.17, 15) is 4.79 Å². The van der Waals surface area contributed by atoms with E-state index in [2.05, 4.69) is 26.9 Å². The van der Waals surface area contributed by atoms with Gasteiger partial charge in [0.25, 0.3) is 0 Å². The molecule has 1 aliphatic heterocycles. The lowest BCUT2D eigenvalue weighted by molar-refractivity contribution is 0.112. The zero-order valence-electron chi connectivity index (χ0n) is 11.9. The minimum atomic E-state index is 0.681. The molecule has 1 saturated heterocycles. The van der Waals surface area contributed by atoms with E-state index in [0.717, 1.165) is 43.3 Å². The van der Waals surface area contributed by atoms with Crippen LogP contribution in [0.3, 0.4) is 0 Å². The minimum Gasteiger partial charge on any atom is -0.497 e. The smallest absolute Gasteiger partial charge is 0.186 e. The second-order valence-electron chi connectivity index (χ2n) is 4.84. The standard InChI is InChI=1S/C15H17N3O2S/c1-20-13-4-2-3-12(9-13)17-5-7-18(8-6-17)15-16-10-14(11-19)21-15/h2-4,9-11H,5-8H2,1H3. The fourth-order valence-corrected chi connectivity index (χ4v) is 3.22. The lowest BCUT2D eigenvalue weighted by Crippen LogP contribution is -2.46. The van der Waals surface area contributed by atoms with Gasteiger partial charge in [-0.25, -0.2) is 4.98 Å². The van der Waals surface area contributed by atoms with E-state index in [-0.39, 0.29) is 0 Å². The number of benzene rings is 1. The van der Waals surface area contributed by atoms with Crippen molar-refractivity contribution in [3.05, 3.63) is 35.3 Å². The Morgan fingerprint density at radius 3 is 2.67 bits per heavy atom. The summed E-state index contributed by atoms with van der Waals surface area (Å²) < 4.78 is 5.27. The molecule has 0 N–H and O–H groups in total. The van der Waals surface area contributed by atoms with Gasteiger partial charge in [-0.3, -0.25) is 4.79 Å². The summed E-state index contributed by atoms with van der Waals surface area (Å²) in [7, 11) is 1.68. The van der Waals surface area contributed by atoms with Gasteiger partial charge < -0.3 is 14.5 Å². The molecule has 0 saturated carbocycles. The quantitative estimate of drug-likeness (QED) is 0.811. The molecule has 5 nitrogen and oxygen atoms in total. The predicted molar refractivity (Wildman–Crippen MR) is 84.9 cm³/mol. The van der Waals surface area contributed by atoms with Crippen LogP contribution in [0, 0.1) is 0 Å². The molecule has 21 heavy (non-hydrogen) atoms. The summed E-state index contributed by atoms with van der Waals surface area (Å²) in [6.45, 7) is 3.68. The number of carbonyl (C=O) groups excluding carboxylic acids is 1. The van der Waals surface area contributed by atoms with Crippen molar-refractivity contribution in [2.24, 2.45) is 0 Å². The van der Waals surface area contributed by atoms with Gasteiger partial charge in [-0.1, -0.05) is 17.4 Å². The highest BCUT2D eigenvalue weighted by Gasteiger charge is 2.19. The summed E-state index contributed by atoms with van der Waals surface area (Å²) in [5.74, 6) is 0.880. The molecule has 0 bridgehead atoms. The molecule has 0 unspecified atom stereocenters. The van der Waals surface area contributed by atoms with Crippen molar-refractivity contribution in [1.82, 2.24) is 4.98 Å². The number of carbonyl (C=O) groups is 1. The average molecular weight is 303 g/mol. The first-order chi connectivity index (χ1) is 10.3. The zero-order valence-corrected chi connectivity index (χ0v) is 12.7. The Morgan fingerprint density at radius 1 is 1.24 bits per heavy atom. The summed E-state index contributed by atoms with van der Waals surface area (Å²) in [6, 6.07) is 8.13. The molecule has 1 aliphatic rings. The van der Waals surface area contributed by atoms with Crippen LogP contribution in [0.1, 0.15) is 9.67 Å². The number of piperazine rings is 1. The van der Waals surface area contributed by atoms with Gasteiger partial charge in [0.1, 0.15) is 5.75 Å². The van der Waals surface area contributed by atoms with Gasteiger partial charge in [-0.15, -0.1) is 0 Å². The number of hydrogen-bond acceptors (Lipinski definition) is 6. The summed E-state index contributed by atoms with van der Waals surface area (Å²) in [4.78, 5) is 20.3. The lowest BCUT2D eigenvalue weighted by Gasteiger charge is -2.36. The summed E-state index contributed by atoms with van der Waals surface area (Å²) in [6.07, 6.45) is 2.50. The van der Waals surface area contributed by atoms with Crippen LogP contribution < -0.4 is 14.5 Å². The Bertz CT molecular complexity index is 621. The fourth-order valence-electron chi connectivity index (χ4n) is 2.44. The largest absolute Gasteiger partial charge is 0.497 e. The third-order valence-corrected chi connectivity index (χ3v) is 4.58. The first kappa shape index (κ1) is 13.9. The first-order valence-electron chi connectivity index (χ1n) is 6.85. The number of rotatable bonds is 4. The van der Waals surface area contributed by atoms with Crippen LogP contribution in [0.15, 0.2) is 30.5 Å². The molecule has 1 aromatic carbocycles. The third kappa shape index (κ3) is 3.00. The summed E-state index contributed by atoms with van der Waals surface area (Å²) in [5, 5.41) is 0.933. The van der Waals surface area contributed by atoms with Crippen molar-refractivity contribution >= 4 is 28.4 Å². The molecular formula is C15H17N3O2S. The van der Waals surface area contributed by atoms with E-state index in [1.165, 1.54) is 17.0 Å². The first-order valence-corrected chi connectivity index (χ1v) is 7.67. The zero-order chi connectivity index (χ0) is 14.7. The van der Waals surface area contributed by atoms with Gasteiger partial charge in [0.05, 0.1) is 18.2 Å². The molecule has 2 aromatic rings. The topological polar surface area (TPSA) is 45.7 Å². The number of aldehydes is 1. The summed E-state index contributed by atoms with van der Waals surface area (Å²) in [5.41, 5.74) is 1.18. The van der Waals surface area contributed by atoms with Crippen molar-refractivity contribution in [3.8, 4) is 5.75 Å². The van der Waals surface area contributed by atoms with Gasteiger partial charge >= 0.3 is 0 Å². The Balaban J connectivity index is 1.65. The molecule has 3 rings (SSSR count). The van der Waals surface area contributed by atoms with Crippen molar-refractivity contribution in [3.63, 3.8) is 0 Å². The van der Waals surface area contributed by atoms with Gasteiger partial charge in [-0.2, -0.15) is 0 Å². The number of methoxy groups -OCH3 is 1. The van der Waals surface area contributed by atoms with Crippen molar-refractivity contribution < 1.29 is 9.53 Å². The maximum absolute atomic E-state index is 10.7.